The quantitative estimate of drug-likeness (QED) is 0.213. The van der Waals surface area contributed by atoms with Crippen LogP contribution in [-0.2, 0) is 5.41 Å². The molecule has 1 nitrogen and oxygen atoms in total. The first kappa shape index (κ1) is 24.2. The highest BCUT2D eigenvalue weighted by Crippen LogP contribution is 2.55. The second-order valence-corrected chi connectivity index (χ2v) is 12.5. The van der Waals surface area contributed by atoms with E-state index < -0.39 is 0 Å². The van der Waals surface area contributed by atoms with Crippen LogP contribution in [-0.4, -0.2) is 0 Å². The summed E-state index contributed by atoms with van der Waals surface area (Å²) >= 11 is 1.92. The third kappa shape index (κ3) is 3.75. The van der Waals surface area contributed by atoms with E-state index in [0.29, 0.717) is 0 Å². The molecule has 0 N–H and O–H groups in total. The number of nitrogens with zero attached hydrogens (tertiary/aromatic N) is 1. The highest BCUT2D eigenvalue weighted by Gasteiger charge is 2.37. The Labute approximate surface area is 245 Å². The van der Waals surface area contributed by atoms with Gasteiger partial charge >= 0.3 is 0 Å². The zero-order valence-corrected chi connectivity index (χ0v) is 24.0. The number of benzene rings is 6. The molecular weight excluding hydrogens is 515 g/mol. The van der Waals surface area contributed by atoms with Crippen LogP contribution in [0.15, 0.2) is 140 Å². The Hall–Kier alpha value is -4.66. The Morgan fingerprint density at radius 3 is 1.90 bits per heavy atom. The van der Waals surface area contributed by atoms with Crippen molar-refractivity contribution in [1.29, 1.82) is 0 Å². The summed E-state index contributed by atoms with van der Waals surface area (Å²) < 4.78 is 2.74. The van der Waals surface area contributed by atoms with Crippen molar-refractivity contribution in [2.75, 3.05) is 4.90 Å². The molecule has 0 aliphatic heterocycles. The van der Waals surface area contributed by atoms with Crippen LogP contribution in [0.4, 0.5) is 17.1 Å². The number of hydrogen-bond donors (Lipinski definition) is 0. The molecule has 0 saturated carbocycles. The molecule has 0 unspecified atom stereocenters. The fourth-order valence-electron chi connectivity index (χ4n) is 6.60. The standard InChI is InChI=1S/C39H29NS/c1-39(2)34-23-21-30(25-33(34)37-35(39)24-22-32-31-15-9-10-16-36(31)41-38(32)37)40(28-13-7-4-8-14-28)29-19-17-27(18-20-29)26-11-5-3-6-12-26/h3-25H,1-2H3. The van der Waals surface area contributed by atoms with Gasteiger partial charge in [0, 0.05) is 48.2 Å². The van der Waals surface area contributed by atoms with Crippen molar-refractivity contribution in [3.8, 4) is 22.3 Å². The predicted octanol–water partition coefficient (Wildman–Crippen LogP) is 11.5. The first-order valence-corrected chi connectivity index (χ1v) is 15.0. The van der Waals surface area contributed by atoms with Crippen LogP contribution in [0.1, 0.15) is 25.0 Å². The van der Waals surface area contributed by atoms with E-state index in [4.69, 9.17) is 0 Å². The van der Waals surface area contributed by atoms with Gasteiger partial charge in [0.2, 0.25) is 0 Å². The lowest BCUT2D eigenvalue weighted by molar-refractivity contribution is 0.661. The van der Waals surface area contributed by atoms with Crippen molar-refractivity contribution in [3.05, 3.63) is 151 Å². The van der Waals surface area contributed by atoms with E-state index >= 15 is 0 Å². The van der Waals surface area contributed by atoms with Gasteiger partial charge < -0.3 is 4.90 Å². The fourth-order valence-corrected chi connectivity index (χ4v) is 7.87. The van der Waals surface area contributed by atoms with Crippen LogP contribution in [0.2, 0.25) is 0 Å². The summed E-state index contributed by atoms with van der Waals surface area (Å²) in [4.78, 5) is 2.38. The van der Waals surface area contributed by atoms with Gasteiger partial charge in [0.05, 0.1) is 0 Å². The maximum atomic E-state index is 2.42. The molecule has 0 atom stereocenters. The van der Waals surface area contributed by atoms with Crippen LogP contribution >= 0.6 is 11.3 Å². The molecule has 0 amide bonds. The van der Waals surface area contributed by atoms with E-state index in [1.807, 2.05) is 11.3 Å². The molecule has 0 radical (unpaired) electrons. The van der Waals surface area contributed by atoms with E-state index in [2.05, 4.69) is 158 Å². The number of thiophene rings is 1. The second-order valence-electron chi connectivity index (χ2n) is 11.4. The lowest BCUT2D eigenvalue weighted by Gasteiger charge is -2.27. The lowest BCUT2D eigenvalue weighted by atomic mass is 9.82. The molecule has 1 aliphatic carbocycles. The van der Waals surface area contributed by atoms with Crippen LogP contribution in [0, 0.1) is 0 Å². The van der Waals surface area contributed by atoms with Crippen molar-refractivity contribution in [1.82, 2.24) is 0 Å². The summed E-state index contributed by atoms with van der Waals surface area (Å²) in [5, 5.41) is 2.71. The average molecular weight is 544 g/mol. The van der Waals surface area contributed by atoms with Gasteiger partial charge in [0.25, 0.3) is 0 Å². The normalized spacial score (nSPS) is 13.3. The monoisotopic (exact) mass is 543 g/mol. The Balaban J connectivity index is 1.32. The molecule has 41 heavy (non-hydrogen) atoms. The van der Waals surface area contributed by atoms with Gasteiger partial charge in [0.15, 0.2) is 0 Å². The number of rotatable bonds is 4. The first-order chi connectivity index (χ1) is 20.1. The maximum Gasteiger partial charge on any atom is 0.0468 e. The molecule has 1 aliphatic rings. The Morgan fingerprint density at radius 1 is 0.512 bits per heavy atom. The summed E-state index contributed by atoms with van der Waals surface area (Å²) in [7, 11) is 0. The van der Waals surface area contributed by atoms with E-state index in [0.717, 1.165) is 11.4 Å². The highest BCUT2D eigenvalue weighted by molar-refractivity contribution is 7.26. The number of anilines is 3. The molecule has 0 spiro atoms. The summed E-state index contributed by atoms with van der Waals surface area (Å²) in [6.45, 7) is 4.74. The van der Waals surface area contributed by atoms with Gasteiger partial charge in [-0.25, -0.2) is 0 Å². The molecule has 7 aromatic rings. The van der Waals surface area contributed by atoms with Gasteiger partial charge in [-0.3, -0.25) is 0 Å². The zero-order chi connectivity index (χ0) is 27.6. The average Bonchev–Trinajstić information content (AvgIpc) is 3.51. The Morgan fingerprint density at radius 2 is 1.12 bits per heavy atom. The fraction of sp³-hybridized carbons (Fsp3) is 0.0769. The predicted molar refractivity (Wildman–Crippen MR) is 177 cm³/mol. The zero-order valence-electron chi connectivity index (χ0n) is 23.1. The Kier molecular flexibility index (Phi) is 5.42. The first-order valence-electron chi connectivity index (χ1n) is 14.2. The van der Waals surface area contributed by atoms with E-state index in [-0.39, 0.29) is 5.41 Å². The molecule has 196 valence electrons. The van der Waals surface area contributed by atoms with Gasteiger partial charge in [-0.2, -0.15) is 0 Å². The lowest BCUT2D eigenvalue weighted by Crippen LogP contribution is -2.15. The summed E-state index contributed by atoms with van der Waals surface area (Å²) in [5.41, 5.74) is 11.4. The van der Waals surface area contributed by atoms with Crippen LogP contribution in [0.5, 0.6) is 0 Å². The summed E-state index contributed by atoms with van der Waals surface area (Å²) in [6.07, 6.45) is 0. The maximum absolute atomic E-state index is 2.42. The largest absolute Gasteiger partial charge is 0.310 e. The molecule has 2 heteroatoms. The van der Waals surface area contributed by atoms with Crippen molar-refractivity contribution < 1.29 is 0 Å². The molecule has 0 fully saturated rings. The molecule has 1 heterocycles. The van der Waals surface area contributed by atoms with Crippen LogP contribution in [0.3, 0.4) is 0 Å². The highest BCUT2D eigenvalue weighted by atomic mass is 32.1. The van der Waals surface area contributed by atoms with Crippen molar-refractivity contribution in [2.45, 2.75) is 19.3 Å². The van der Waals surface area contributed by atoms with Crippen molar-refractivity contribution in [3.63, 3.8) is 0 Å². The van der Waals surface area contributed by atoms with E-state index in [9.17, 15) is 0 Å². The minimum atomic E-state index is -0.0531. The van der Waals surface area contributed by atoms with Crippen molar-refractivity contribution in [2.24, 2.45) is 0 Å². The van der Waals surface area contributed by atoms with Crippen LogP contribution < -0.4 is 4.90 Å². The summed E-state index contributed by atoms with van der Waals surface area (Å²) in [6, 6.07) is 50.8. The second kappa shape index (κ2) is 9.19. The Bertz CT molecular complexity index is 2050. The van der Waals surface area contributed by atoms with Gasteiger partial charge in [-0.1, -0.05) is 111 Å². The third-order valence-corrected chi connectivity index (χ3v) is 9.88. The molecule has 6 aromatic carbocycles. The van der Waals surface area contributed by atoms with Gasteiger partial charge in [0.1, 0.15) is 0 Å². The van der Waals surface area contributed by atoms with Crippen LogP contribution in [0.25, 0.3) is 42.4 Å². The smallest absolute Gasteiger partial charge is 0.0468 e. The van der Waals surface area contributed by atoms with E-state index in [1.165, 1.54) is 59.2 Å². The minimum absolute atomic E-state index is 0.0531. The molecule has 0 bridgehead atoms. The van der Waals surface area contributed by atoms with E-state index in [1.54, 1.807) is 0 Å². The SMILES string of the molecule is CC1(C)c2ccc(N(c3ccccc3)c3ccc(-c4ccccc4)cc3)cc2-c2c1ccc1c2sc2ccccc21. The molecule has 0 saturated heterocycles. The number of para-hydroxylation sites is 1. The topological polar surface area (TPSA) is 3.24 Å². The molecular formula is C39H29NS. The van der Waals surface area contributed by atoms with Gasteiger partial charge in [-0.05, 0) is 70.3 Å². The third-order valence-electron chi connectivity index (χ3n) is 8.67. The molecule has 1 aromatic heterocycles. The summed E-state index contributed by atoms with van der Waals surface area (Å²) in [5.74, 6) is 0. The minimum Gasteiger partial charge on any atom is -0.310 e. The van der Waals surface area contributed by atoms with Gasteiger partial charge in [-0.15, -0.1) is 11.3 Å². The van der Waals surface area contributed by atoms with Crippen molar-refractivity contribution >= 4 is 48.6 Å². The molecule has 8 rings (SSSR count). The number of hydrogen-bond acceptors (Lipinski definition) is 2. The number of fused-ring (bicyclic) bond motifs is 7.